The lowest BCUT2D eigenvalue weighted by molar-refractivity contribution is -0.125. The molecule has 1 saturated heterocycles. The number of piperidine rings is 1. The lowest BCUT2D eigenvalue weighted by Gasteiger charge is -2.38. The third-order valence-electron chi connectivity index (χ3n) is 4.60. The predicted molar refractivity (Wildman–Crippen MR) is 84.7 cm³/mol. The molecule has 1 amide bonds. The molecule has 0 radical (unpaired) electrons. The van der Waals surface area contributed by atoms with E-state index in [2.05, 4.69) is 16.1 Å². The molecule has 5 nitrogen and oxygen atoms in total. The largest absolute Gasteiger partial charge is 0.381 e. The van der Waals surface area contributed by atoms with Gasteiger partial charge in [0.1, 0.15) is 5.54 Å². The first-order valence-corrected chi connectivity index (χ1v) is 7.79. The number of hydrogen-bond acceptors (Lipinski definition) is 4. The maximum atomic E-state index is 12.3. The molecule has 0 aromatic rings. The third-order valence-corrected chi connectivity index (χ3v) is 4.60. The highest BCUT2D eigenvalue weighted by atomic mass is 16.5. The SMILES string of the molecule is C#CC(CC)(CC)NC(=O)CN1CCC(OC)CC1CN. The first-order valence-electron chi connectivity index (χ1n) is 7.79. The minimum Gasteiger partial charge on any atom is -0.381 e. The minimum atomic E-state index is -0.528. The topological polar surface area (TPSA) is 67.6 Å². The summed E-state index contributed by atoms with van der Waals surface area (Å²) in [6.07, 6.45) is 9.11. The molecule has 1 aliphatic heterocycles. The molecule has 0 saturated carbocycles. The molecular formula is C16H29N3O2. The van der Waals surface area contributed by atoms with E-state index < -0.39 is 5.54 Å². The normalized spacial score (nSPS) is 23.6. The van der Waals surface area contributed by atoms with E-state index in [9.17, 15) is 4.79 Å². The van der Waals surface area contributed by atoms with Gasteiger partial charge in [0.25, 0.3) is 0 Å². The maximum Gasteiger partial charge on any atom is 0.235 e. The van der Waals surface area contributed by atoms with Gasteiger partial charge < -0.3 is 15.8 Å². The number of nitrogens with zero attached hydrogens (tertiary/aromatic N) is 1. The van der Waals surface area contributed by atoms with E-state index in [-0.39, 0.29) is 18.1 Å². The van der Waals surface area contributed by atoms with Gasteiger partial charge in [0.15, 0.2) is 0 Å². The fraction of sp³-hybridized carbons (Fsp3) is 0.812. The lowest BCUT2D eigenvalue weighted by Crippen LogP contribution is -2.55. The summed E-state index contributed by atoms with van der Waals surface area (Å²) in [6, 6.07) is 0.193. The second-order valence-electron chi connectivity index (χ2n) is 5.72. The molecule has 0 aliphatic carbocycles. The van der Waals surface area contributed by atoms with Gasteiger partial charge in [-0.2, -0.15) is 0 Å². The Labute approximate surface area is 128 Å². The van der Waals surface area contributed by atoms with Crippen molar-refractivity contribution in [1.82, 2.24) is 10.2 Å². The van der Waals surface area contributed by atoms with Gasteiger partial charge in [-0.15, -0.1) is 6.42 Å². The summed E-state index contributed by atoms with van der Waals surface area (Å²) in [4.78, 5) is 14.4. The van der Waals surface area contributed by atoms with Gasteiger partial charge in [-0.25, -0.2) is 0 Å². The molecule has 1 fully saturated rings. The Bertz CT molecular complexity index is 374. The highest BCUT2D eigenvalue weighted by Gasteiger charge is 2.31. The average molecular weight is 295 g/mol. The van der Waals surface area contributed by atoms with Crippen LogP contribution < -0.4 is 11.1 Å². The first kappa shape index (κ1) is 18.0. The Morgan fingerprint density at radius 3 is 2.67 bits per heavy atom. The van der Waals surface area contributed by atoms with E-state index in [0.717, 1.165) is 32.2 Å². The second kappa shape index (κ2) is 8.38. The van der Waals surface area contributed by atoms with Crippen LogP contribution in [0.25, 0.3) is 0 Å². The average Bonchev–Trinajstić information content (AvgIpc) is 2.53. The van der Waals surface area contributed by atoms with Crippen molar-refractivity contribution in [2.24, 2.45) is 5.73 Å². The number of nitrogens with one attached hydrogen (secondary N) is 1. The molecule has 21 heavy (non-hydrogen) atoms. The van der Waals surface area contributed by atoms with Crippen molar-refractivity contribution in [2.45, 2.75) is 57.2 Å². The van der Waals surface area contributed by atoms with Gasteiger partial charge in [0.05, 0.1) is 12.6 Å². The highest BCUT2D eigenvalue weighted by molar-refractivity contribution is 5.79. The number of rotatable bonds is 7. The molecule has 5 heteroatoms. The predicted octanol–water partition coefficient (Wildman–Crippen LogP) is 0.733. The number of likely N-dealkylation sites (tertiary alicyclic amines) is 1. The van der Waals surface area contributed by atoms with Gasteiger partial charge in [-0.1, -0.05) is 19.8 Å². The van der Waals surface area contributed by atoms with E-state index >= 15 is 0 Å². The van der Waals surface area contributed by atoms with E-state index in [1.54, 1.807) is 7.11 Å². The summed E-state index contributed by atoms with van der Waals surface area (Å²) in [7, 11) is 1.73. The Hall–Kier alpha value is -1.09. The number of methoxy groups -OCH3 is 1. The van der Waals surface area contributed by atoms with Gasteiger partial charge in [0.2, 0.25) is 5.91 Å². The molecule has 1 rings (SSSR count). The third kappa shape index (κ3) is 4.70. The monoisotopic (exact) mass is 295 g/mol. The summed E-state index contributed by atoms with van der Waals surface area (Å²) in [5.74, 6) is 2.71. The van der Waals surface area contributed by atoms with E-state index in [1.807, 2.05) is 13.8 Å². The van der Waals surface area contributed by atoms with Crippen LogP contribution >= 0.6 is 0 Å². The highest BCUT2D eigenvalue weighted by Crippen LogP contribution is 2.19. The van der Waals surface area contributed by atoms with Gasteiger partial charge in [-0.05, 0) is 25.7 Å². The number of amides is 1. The van der Waals surface area contributed by atoms with Crippen molar-refractivity contribution in [3.63, 3.8) is 0 Å². The summed E-state index contributed by atoms with van der Waals surface area (Å²) in [5.41, 5.74) is 5.30. The number of ether oxygens (including phenoxy) is 1. The van der Waals surface area contributed by atoms with Crippen LogP contribution in [-0.4, -0.2) is 55.2 Å². The molecule has 1 heterocycles. The molecule has 2 unspecified atom stereocenters. The molecule has 0 aromatic heterocycles. The Morgan fingerprint density at radius 1 is 1.52 bits per heavy atom. The van der Waals surface area contributed by atoms with Gasteiger partial charge in [0, 0.05) is 26.2 Å². The number of terminal acetylenes is 1. The summed E-state index contributed by atoms with van der Waals surface area (Å²) in [6.45, 7) is 5.71. The molecule has 120 valence electrons. The van der Waals surface area contributed by atoms with Crippen molar-refractivity contribution < 1.29 is 9.53 Å². The van der Waals surface area contributed by atoms with Gasteiger partial charge >= 0.3 is 0 Å². The Morgan fingerprint density at radius 2 is 2.19 bits per heavy atom. The fourth-order valence-electron chi connectivity index (χ4n) is 2.89. The van der Waals surface area contributed by atoms with Crippen LogP contribution in [0.4, 0.5) is 0 Å². The molecule has 0 spiro atoms. The zero-order valence-electron chi connectivity index (χ0n) is 13.5. The molecule has 0 aromatic carbocycles. The van der Waals surface area contributed by atoms with Crippen LogP contribution in [0.2, 0.25) is 0 Å². The second-order valence-corrected chi connectivity index (χ2v) is 5.72. The van der Waals surface area contributed by atoms with Crippen LogP contribution in [0.1, 0.15) is 39.5 Å². The smallest absolute Gasteiger partial charge is 0.235 e. The Balaban J connectivity index is 2.60. The van der Waals surface area contributed by atoms with Gasteiger partial charge in [-0.3, -0.25) is 9.69 Å². The van der Waals surface area contributed by atoms with E-state index in [1.165, 1.54) is 0 Å². The van der Waals surface area contributed by atoms with Crippen molar-refractivity contribution in [3.05, 3.63) is 0 Å². The molecule has 1 aliphatic rings. The minimum absolute atomic E-state index is 0.0223. The maximum absolute atomic E-state index is 12.3. The molecule has 0 bridgehead atoms. The first-order chi connectivity index (χ1) is 10.0. The zero-order valence-corrected chi connectivity index (χ0v) is 13.5. The number of carbonyl (C=O) groups is 1. The summed E-state index contributed by atoms with van der Waals surface area (Å²) < 4.78 is 5.40. The Kier molecular flexibility index (Phi) is 7.16. The lowest BCUT2D eigenvalue weighted by atomic mass is 9.93. The van der Waals surface area contributed by atoms with E-state index in [4.69, 9.17) is 16.9 Å². The molecule has 2 atom stereocenters. The van der Waals surface area contributed by atoms with Crippen molar-refractivity contribution >= 4 is 5.91 Å². The van der Waals surface area contributed by atoms with Crippen LogP contribution in [0, 0.1) is 12.3 Å². The fourth-order valence-corrected chi connectivity index (χ4v) is 2.89. The standard InChI is InChI=1S/C16H29N3O2/c1-5-16(6-2,7-3)18-15(20)12-19-9-8-14(21-4)10-13(19)11-17/h1,13-14H,6-12,17H2,2-4H3,(H,18,20). The van der Waals surface area contributed by atoms with Crippen LogP contribution in [0.5, 0.6) is 0 Å². The quantitative estimate of drug-likeness (QED) is 0.680. The molecular weight excluding hydrogens is 266 g/mol. The van der Waals surface area contributed by atoms with Crippen LogP contribution in [0.3, 0.4) is 0 Å². The summed E-state index contributed by atoms with van der Waals surface area (Å²) in [5, 5.41) is 3.01. The molecule has 3 N–H and O–H groups in total. The van der Waals surface area contributed by atoms with Crippen molar-refractivity contribution in [1.29, 1.82) is 0 Å². The van der Waals surface area contributed by atoms with E-state index in [0.29, 0.717) is 13.1 Å². The number of carbonyl (C=O) groups excluding carboxylic acids is 1. The number of hydrogen-bond donors (Lipinski definition) is 2. The zero-order chi connectivity index (χ0) is 15.9. The van der Waals surface area contributed by atoms with Crippen molar-refractivity contribution in [2.75, 3.05) is 26.7 Å². The summed E-state index contributed by atoms with van der Waals surface area (Å²) >= 11 is 0. The van der Waals surface area contributed by atoms with Crippen molar-refractivity contribution in [3.8, 4) is 12.3 Å². The van der Waals surface area contributed by atoms with Crippen LogP contribution in [-0.2, 0) is 9.53 Å². The number of nitrogens with two attached hydrogens (primary N) is 1. The van der Waals surface area contributed by atoms with Crippen LogP contribution in [0.15, 0.2) is 0 Å².